The van der Waals surface area contributed by atoms with Gasteiger partial charge in [-0.05, 0) is 11.3 Å². The summed E-state index contributed by atoms with van der Waals surface area (Å²) in [5, 5.41) is 0. The monoisotopic (exact) mass is 322 g/mol. The van der Waals surface area contributed by atoms with Crippen molar-refractivity contribution < 1.29 is 0 Å². The van der Waals surface area contributed by atoms with E-state index in [0.29, 0.717) is 11.3 Å². The van der Waals surface area contributed by atoms with Crippen LogP contribution >= 0.6 is 66.5 Å². The van der Waals surface area contributed by atoms with Crippen molar-refractivity contribution in [2.45, 2.75) is 11.3 Å². The molecule has 0 aliphatic heterocycles. The van der Waals surface area contributed by atoms with Crippen LogP contribution in [0.1, 0.15) is 0 Å². The Kier molecular flexibility index (Phi) is 7.28. The molecule has 0 amide bonds. The van der Waals surface area contributed by atoms with Gasteiger partial charge in [0.1, 0.15) is 0 Å². The molecule has 0 rings (SSSR count). The van der Waals surface area contributed by atoms with Crippen molar-refractivity contribution in [1.82, 2.24) is 0 Å². The standard InChI is InChI=1S/C2H4Cl6Si3/c3-9(4)1-11(7,8)2-10(5)6/h1-2H2. The Morgan fingerprint density at radius 3 is 1.27 bits per heavy atom. The molecule has 0 unspecified atom stereocenters. The van der Waals surface area contributed by atoms with E-state index in [1.807, 2.05) is 0 Å². The summed E-state index contributed by atoms with van der Waals surface area (Å²) in [5.74, 6) is 0. The summed E-state index contributed by atoms with van der Waals surface area (Å²) in [6, 6.07) is 0. The van der Waals surface area contributed by atoms with Crippen LogP contribution in [0.5, 0.6) is 0 Å². The van der Waals surface area contributed by atoms with Crippen LogP contribution in [0.3, 0.4) is 0 Å². The summed E-state index contributed by atoms with van der Waals surface area (Å²) in [6.45, 7) is -2.32. The maximum absolute atomic E-state index is 5.94. The maximum Gasteiger partial charge on any atom is 0.273 e. The second kappa shape index (κ2) is 5.98. The van der Waals surface area contributed by atoms with Crippen LogP contribution in [0.4, 0.5) is 0 Å². The molecule has 0 fully saturated rings. The van der Waals surface area contributed by atoms with Gasteiger partial charge in [0.15, 0.2) is 0 Å². The fourth-order valence-corrected chi connectivity index (χ4v) is 23.2. The van der Waals surface area contributed by atoms with Crippen LogP contribution in [0.2, 0.25) is 11.3 Å². The lowest BCUT2D eigenvalue weighted by atomic mass is 11.8. The first kappa shape index (κ1) is 13.4. The highest BCUT2D eigenvalue weighted by atomic mass is 35.7. The molecule has 0 nitrogen and oxygen atoms in total. The molecule has 0 spiro atoms. The molecular formula is C2H4Cl6Si3. The third kappa shape index (κ3) is 8.71. The Labute approximate surface area is 98.5 Å². The van der Waals surface area contributed by atoms with Gasteiger partial charge < -0.3 is 0 Å². The van der Waals surface area contributed by atoms with Gasteiger partial charge in [0.2, 0.25) is 0 Å². The predicted octanol–water partition coefficient (Wildman–Crippen LogP) is 3.92. The minimum atomic E-state index is -2.32. The highest BCUT2D eigenvalue weighted by Crippen LogP contribution is 2.31. The molecule has 0 saturated heterocycles. The lowest BCUT2D eigenvalue weighted by Gasteiger charge is -2.14. The maximum atomic E-state index is 5.94. The fraction of sp³-hybridized carbons (Fsp3) is 1.00. The largest absolute Gasteiger partial charge is 0.273 e. The Hall–Kier alpha value is 2.39. The Balaban J connectivity index is 3.79. The van der Waals surface area contributed by atoms with E-state index in [9.17, 15) is 0 Å². The molecule has 9 heteroatoms. The van der Waals surface area contributed by atoms with Crippen molar-refractivity contribution in [3.63, 3.8) is 0 Å². The van der Waals surface area contributed by atoms with Gasteiger partial charge >= 0.3 is 0 Å². The highest BCUT2D eigenvalue weighted by Gasteiger charge is 2.35. The van der Waals surface area contributed by atoms with Gasteiger partial charge in [-0.25, -0.2) is 0 Å². The van der Waals surface area contributed by atoms with Crippen LogP contribution in [0.25, 0.3) is 0 Å². The first-order valence-corrected chi connectivity index (χ1v) is 14.4. The van der Waals surface area contributed by atoms with Crippen molar-refractivity contribution in [1.29, 1.82) is 0 Å². The van der Waals surface area contributed by atoms with E-state index >= 15 is 0 Å². The first-order chi connectivity index (χ1) is 4.83. The number of halogens is 6. The Bertz CT molecular complexity index is 102. The van der Waals surface area contributed by atoms with E-state index < -0.39 is 21.5 Å². The zero-order chi connectivity index (χ0) is 9.07. The minimum absolute atomic E-state index is 0.511. The van der Waals surface area contributed by atoms with Crippen molar-refractivity contribution in [3.05, 3.63) is 0 Å². The zero-order valence-electron chi connectivity index (χ0n) is 5.18. The SMILES string of the molecule is Cl[Si](Cl)C[Si](Cl)(Cl)C[Si](Cl)Cl. The van der Waals surface area contributed by atoms with Gasteiger partial charge in [0.05, 0.1) is 0 Å². The quantitative estimate of drug-likeness (QED) is 0.543. The normalized spacial score (nSPS) is 13.1. The van der Waals surface area contributed by atoms with E-state index in [-0.39, 0.29) is 0 Å². The molecule has 0 saturated carbocycles. The van der Waals surface area contributed by atoms with Gasteiger partial charge in [0.25, 0.3) is 21.5 Å². The van der Waals surface area contributed by atoms with E-state index in [0.717, 1.165) is 0 Å². The van der Waals surface area contributed by atoms with Crippen LogP contribution < -0.4 is 0 Å². The molecule has 2 radical (unpaired) electrons. The average Bonchev–Trinajstić information content (AvgIpc) is 1.53. The van der Waals surface area contributed by atoms with E-state index in [1.165, 1.54) is 0 Å². The van der Waals surface area contributed by atoms with Crippen molar-refractivity contribution in [2.24, 2.45) is 0 Å². The molecule has 0 heterocycles. The van der Waals surface area contributed by atoms with E-state index in [4.69, 9.17) is 66.5 Å². The molecule has 11 heavy (non-hydrogen) atoms. The summed E-state index contributed by atoms with van der Waals surface area (Å²) in [4.78, 5) is 0. The number of hydrogen-bond donors (Lipinski definition) is 0. The van der Waals surface area contributed by atoms with Gasteiger partial charge in [-0.3, -0.25) is 0 Å². The molecule has 66 valence electrons. The molecule has 0 aromatic carbocycles. The highest BCUT2D eigenvalue weighted by molar-refractivity contribution is 7.56. The van der Waals surface area contributed by atoms with Gasteiger partial charge in [-0.2, -0.15) is 0 Å². The van der Waals surface area contributed by atoms with Gasteiger partial charge in [-0.15, -0.1) is 66.5 Å². The van der Waals surface area contributed by atoms with Crippen molar-refractivity contribution >= 4 is 88.0 Å². The van der Waals surface area contributed by atoms with Crippen LogP contribution in [-0.2, 0) is 0 Å². The Morgan fingerprint density at radius 1 is 0.818 bits per heavy atom. The van der Waals surface area contributed by atoms with Crippen LogP contribution in [-0.4, -0.2) is 21.5 Å². The molecule has 0 aromatic rings. The third-order valence-electron chi connectivity index (χ3n) is 0.785. The molecule has 0 aliphatic rings. The van der Waals surface area contributed by atoms with Crippen LogP contribution in [0.15, 0.2) is 0 Å². The summed E-state index contributed by atoms with van der Waals surface area (Å²) in [5.41, 5.74) is 1.02. The predicted molar refractivity (Wildman–Crippen MR) is 62.0 cm³/mol. The fourth-order valence-electron chi connectivity index (χ4n) is 0.454. The molecule has 0 aromatic heterocycles. The second-order valence-corrected chi connectivity index (χ2v) is 19.3. The minimum Gasteiger partial charge on any atom is -0.147 e. The molecule has 0 aliphatic carbocycles. The van der Waals surface area contributed by atoms with Crippen LogP contribution in [0, 0.1) is 0 Å². The molecular weight excluding hydrogens is 321 g/mol. The third-order valence-corrected chi connectivity index (χ3v) is 16.7. The van der Waals surface area contributed by atoms with E-state index in [1.54, 1.807) is 0 Å². The molecule has 0 N–H and O–H groups in total. The average molecular weight is 325 g/mol. The summed E-state index contributed by atoms with van der Waals surface area (Å²) in [7, 11) is -2.79. The lowest BCUT2D eigenvalue weighted by molar-refractivity contribution is 1.82. The topological polar surface area (TPSA) is 0 Å². The first-order valence-electron chi connectivity index (χ1n) is 2.55. The summed E-state index contributed by atoms with van der Waals surface area (Å²) in [6.07, 6.45) is 0. The van der Waals surface area contributed by atoms with Crippen molar-refractivity contribution in [2.75, 3.05) is 0 Å². The van der Waals surface area contributed by atoms with Gasteiger partial charge in [0, 0.05) is 0 Å². The van der Waals surface area contributed by atoms with Gasteiger partial charge in [-0.1, -0.05) is 0 Å². The number of rotatable bonds is 4. The Morgan fingerprint density at radius 2 is 1.09 bits per heavy atom. The summed E-state index contributed by atoms with van der Waals surface area (Å²) < 4.78 is 0. The number of hydrogen-bond acceptors (Lipinski definition) is 0. The molecule has 0 bridgehead atoms. The second-order valence-electron chi connectivity index (χ2n) is 1.89. The lowest BCUT2D eigenvalue weighted by Crippen LogP contribution is -2.27. The molecule has 0 atom stereocenters. The van der Waals surface area contributed by atoms with Crippen molar-refractivity contribution in [3.8, 4) is 0 Å². The van der Waals surface area contributed by atoms with E-state index in [2.05, 4.69) is 0 Å². The zero-order valence-corrected chi connectivity index (χ0v) is 12.7. The smallest absolute Gasteiger partial charge is 0.147 e. The summed E-state index contributed by atoms with van der Waals surface area (Å²) >= 11 is 34.3.